The Kier molecular flexibility index (Phi) is 2.97. The Hall–Kier alpha value is -1.42. The van der Waals surface area contributed by atoms with Gasteiger partial charge in [-0.15, -0.1) is 5.10 Å². The van der Waals surface area contributed by atoms with Gasteiger partial charge in [-0.3, -0.25) is 0 Å². The van der Waals surface area contributed by atoms with Crippen molar-refractivity contribution in [3.8, 4) is 5.69 Å². The first-order valence-corrected chi connectivity index (χ1v) is 5.65. The molecule has 0 spiro atoms. The summed E-state index contributed by atoms with van der Waals surface area (Å²) in [6.07, 6.45) is 1.87. The second-order valence-corrected chi connectivity index (χ2v) is 3.68. The van der Waals surface area contributed by atoms with Gasteiger partial charge in [0.2, 0.25) is 0 Å². The van der Waals surface area contributed by atoms with Crippen molar-refractivity contribution in [1.29, 1.82) is 0 Å². The van der Waals surface area contributed by atoms with Crippen LogP contribution in [-0.2, 0) is 0 Å². The highest BCUT2D eigenvalue weighted by atomic mass is 79.9. The first kappa shape index (κ1) is 10.1. The van der Waals surface area contributed by atoms with Crippen LogP contribution < -0.4 is 0 Å². The molecule has 0 amide bonds. The molecule has 0 bridgehead atoms. The molecule has 4 heteroatoms. The van der Waals surface area contributed by atoms with Crippen LogP contribution >= 0.6 is 15.9 Å². The maximum Gasteiger partial charge on any atom is 0.109 e. The van der Waals surface area contributed by atoms with Gasteiger partial charge in [-0.2, -0.15) is 0 Å². The molecule has 0 saturated carbocycles. The van der Waals surface area contributed by atoms with Crippen LogP contribution in [0.2, 0.25) is 0 Å². The summed E-state index contributed by atoms with van der Waals surface area (Å²) >= 11 is 3.34. The van der Waals surface area contributed by atoms with Gasteiger partial charge in [0.1, 0.15) is 5.69 Å². The minimum atomic E-state index is 0.709. The van der Waals surface area contributed by atoms with E-state index >= 15 is 0 Å². The SMILES string of the molecule is C=C(CBr)c1cn(-c2ccccc2)nn1. The van der Waals surface area contributed by atoms with Gasteiger partial charge in [0, 0.05) is 5.33 Å². The van der Waals surface area contributed by atoms with Crippen molar-refractivity contribution in [2.24, 2.45) is 0 Å². The van der Waals surface area contributed by atoms with Crippen LogP contribution in [-0.4, -0.2) is 20.3 Å². The van der Waals surface area contributed by atoms with Crippen LogP contribution in [0.3, 0.4) is 0 Å². The molecule has 2 rings (SSSR count). The quantitative estimate of drug-likeness (QED) is 0.798. The van der Waals surface area contributed by atoms with Crippen LogP contribution in [0, 0.1) is 0 Å². The van der Waals surface area contributed by atoms with Gasteiger partial charge in [0.25, 0.3) is 0 Å². The summed E-state index contributed by atoms with van der Waals surface area (Å²) in [6.45, 7) is 3.89. The average molecular weight is 264 g/mol. The summed E-state index contributed by atoms with van der Waals surface area (Å²) in [7, 11) is 0. The zero-order valence-electron chi connectivity index (χ0n) is 8.10. The average Bonchev–Trinajstić information content (AvgIpc) is 2.78. The number of allylic oxidation sites excluding steroid dienone is 1. The minimum absolute atomic E-state index is 0.709. The molecular formula is C11H10BrN3. The van der Waals surface area contributed by atoms with E-state index < -0.39 is 0 Å². The van der Waals surface area contributed by atoms with E-state index in [1.54, 1.807) is 4.68 Å². The summed E-state index contributed by atoms with van der Waals surface area (Å²) in [5.74, 6) is 0. The lowest BCUT2D eigenvalue weighted by molar-refractivity contribution is 0.802. The van der Waals surface area contributed by atoms with E-state index in [1.165, 1.54) is 0 Å². The molecule has 0 aliphatic heterocycles. The normalized spacial score (nSPS) is 10.2. The number of nitrogens with zero attached hydrogens (tertiary/aromatic N) is 3. The Morgan fingerprint density at radius 1 is 1.33 bits per heavy atom. The third-order valence-corrected chi connectivity index (χ3v) is 2.71. The van der Waals surface area contributed by atoms with Gasteiger partial charge in [0.15, 0.2) is 0 Å². The van der Waals surface area contributed by atoms with Crippen molar-refractivity contribution in [2.75, 3.05) is 5.33 Å². The zero-order chi connectivity index (χ0) is 10.7. The molecule has 0 radical (unpaired) electrons. The van der Waals surface area contributed by atoms with Crippen molar-refractivity contribution < 1.29 is 0 Å². The number of rotatable bonds is 3. The summed E-state index contributed by atoms with van der Waals surface area (Å²) < 4.78 is 1.74. The first-order valence-electron chi connectivity index (χ1n) is 4.53. The first-order chi connectivity index (χ1) is 7.31. The molecule has 76 valence electrons. The van der Waals surface area contributed by atoms with Gasteiger partial charge in [-0.25, -0.2) is 4.68 Å². The van der Waals surface area contributed by atoms with Crippen LogP contribution in [0.25, 0.3) is 11.3 Å². The summed E-state index contributed by atoms with van der Waals surface area (Å²) in [5, 5.41) is 8.80. The molecule has 1 aromatic carbocycles. The molecule has 0 aliphatic carbocycles. The van der Waals surface area contributed by atoms with E-state index in [9.17, 15) is 0 Å². The predicted octanol–water partition coefficient (Wildman–Crippen LogP) is 2.68. The largest absolute Gasteiger partial charge is 0.220 e. The van der Waals surface area contributed by atoms with Crippen LogP contribution in [0.5, 0.6) is 0 Å². The standard InChI is InChI=1S/C11H10BrN3/c1-9(7-12)11-8-15(14-13-11)10-5-3-2-4-6-10/h2-6,8H,1,7H2. The molecule has 0 unspecified atom stereocenters. The highest BCUT2D eigenvalue weighted by Crippen LogP contribution is 2.13. The van der Waals surface area contributed by atoms with E-state index in [2.05, 4.69) is 32.8 Å². The summed E-state index contributed by atoms with van der Waals surface area (Å²) in [5.41, 5.74) is 2.74. The smallest absolute Gasteiger partial charge is 0.109 e. The summed E-state index contributed by atoms with van der Waals surface area (Å²) in [4.78, 5) is 0. The Balaban J connectivity index is 2.32. The van der Waals surface area contributed by atoms with Gasteiger partial charge in [0.05, 0.1) is 11.9 Å². The number of para-hydroxylation sites is 1. The van der Waals surface area contributed by atoms with Crippen molar-refractivity contribution in [2.45, 2.75) is 0 Å². The number of halogens is 1. The molecule has 15 heavy (non-hydrogen) atoms. The lowest BCUT2D eigenvalue weighted by Gasteiger charge is -1.97. The highest BCUT2D eigenvalue weighted by molar-refractivity contribution is 9.09. The van der Waals surface area contributed by atoms with E-state index in [1.807, 2.05) is 36.5 Å². The highest BCUT2D eigenvalue weighted by Gasteiger charge is 2.04. The number of aromatic nitrogens is 3. The Bertz CT molecular complexity index is 462. The third kappa shape index (κ3) is 2.15. The molecule has 0 saturated heterocycles. The number of alkyl halides is 1. The lowest BCUT2D eigenvalue weighted by atomic mass is 10.3. The fourth-order valence-corrected chi connectivity index (χ4v) is 1.49. The Morgan fingerprint density at radius 2 is 2.07 bits per heavy atom. The molecule has 0 fully saturated rings. The van der Waals surface area contributed by atoms with E-state index in [-0.39, 0.29) is 0 Å². The number of benzene rings is 1. The van der Waals surface area contributed by atoms with E-state index in [4.69, 9.17) is 0 Å². The zero-order valence-corrected chi connectivity index (χ0v) is 9.68. The fraction of sp³-hybridized carbons (Fsp3) is 0.0909. The van der Waals surface area contributed by atoms with Crippen LogP contribution in [0.15, 0.2) is 43.1 Å². The molecular weight excluding hydrogens is 254 g/mol. The van der Waals surface area contributed by atoms with Gasteiger partial charge in [-0.05, 0) is 17.7 Å². The molecule has 0 N–H and O–H groups in total. The second-order valence-electron chi connectivity index (χ2n) is 3.12. The maximum absolute atomic E-state index is 4.05. The second kappa shape index (κ2) is 4.40. The number of hydrogen-bond donors (Lipinski definition) is 0. The van der Waals surface area contributed by atoms with E-state index in [0.29, 0.717) is 5.33 Å². The molecule has 1 heterocycles. The summed E-state index contributed by atoms with van der Waals surface area (Å²) in [6, 6.07) is 9.87. The van der Waals surface area contributed by atoms with Crippen molar-refractivity contribution in [1.82, 2.24) is 15.0 Å². The van der Waals surface area contributed by atoms with E-state index in [0.717, 1.165) is 17.0 Å². The van der Waals surface area contributed by atoms with Crippen molar-refractivity contribution in [3.63, 3.8) is 0 Å². The Labute approximate surface area is 96.6 Å². The maximum atomic E-state index is 4.05. The minimum Gasteiger partial charge on any atom is -0.220 e. The van der Waals surface area contributed by atoms with Crippen LogP contribution in [0.1, 0.15) is 5.69 Å². The topological polar surface area (TPSA) is 30.7 Å². The molecule has 2 aromatic rings. The van der Waals surface area contributed by atoms with Crippen molar-refractivity contribution in [3.05, 3.63) is 48.8 Å². The molecule has 0 atom stereocenters. The van der Waals surface area contributed by atoms with Gasteiger partial charge in [-0.1, -0.05) is 45.9 Å². The Morgan fingerprint density at radius 3 is 2.73 bits per heavy atom. The lowest BCUT2D eigenvalue weighted by Crippen LogP contribution is -1.93. The molecule has 1 aromatic heterocycles. The fourth-order valence-electron chi connectivity index (χ4n) is 1.20. The van der Waals surface area contributed by atoms with Crippen molar-refractivity contribution >= 4 is 21.5 Å². The monoisotopic (exact) mass is 263 g/mol. The predicted molar refractivity (Wildman–Crippen MR) is 64.2 cm³/mol. The molecule has 3 nitrogen and oxygen atoms in total. The van der Waals surface area contributed by atoms with Crippen LogP contribution in [0.4, 0.5) is 0 Å². The van der Waals surface area contributed by atoms with Gasteiger partial charge < -0.3 is 0 Å². The number of hydrogen-bond acceptors (Lipinski definition) is 2. The third-order valence-electron chi connectivity index (χ3n) is 2.04. The van der Waals surface area contributed by atoms with Gasteiger partial charge >= 0.3 is 0 Å². The molecule has 0 aliphatic rings.